The third kappa shape index (κ3) is 5.48. The Labute approximate surface area is 153 Å². The molecule has 1 aromatic rings. The normalized spacial score (nSPS) is 20.8. The summed E-state index contributed by atoms with van der Waals surface area (Å²) < 4.78 is 24.3. The summed E-state index contributed by atoms with van der Waals surface area (Å²) in [6.07, 6.45) is 0.642. The van der Waals surface area contributed by atoms with Gasteiger partial charge in [-0.15, -0.1) is 0 Å². The number of benzene rings is 1. The smallest absolute Gasteiger partial charge is 0.191 e. The van der Waals surface area contributed by atoms with Gasteiger partial charge < -0.3 is 10.6 Å². The van der Waals surface area contributed by atoms with E-state index in [1.54, 1.807) is 0 Å². The van der Waals surface area contributed by atoms with E-state index in [9.17, 15) is 8.42 Å². The van der Waals surface area contributed by atoms with Crippen molar-refractivity contribution in [2.75, 3.05) is 24.6 Å². The van der Waals surface area contributed by atoms with Gasteiger partial charge in [0.1, 0.15) is 0 Å². The van der Waals surface area contributed by atoms with Gasteiger partial charge in [0.15, 0.2) is 15.8 Å². The van der Waals surface area contributed by atoms with E-state index >= 15 is 0 Å². The van der Waals surface area contributed by atoms with Gasteiger partial charge in [-0.05, 0) is 31.0 Å². The van der Waals surface area contributed by atoms with Crippen LogP contribution in [0.4, 0.5) is 0 Å². The molecule has 1 aliphatic heterocycles. The Balaban J connectivity index is 2.05. The summed E-state index contributed by atoms with van der Waals surface area (Å²) in [4.78, 5) is 4.68. The minimum Gasteiger partial charge on any atom is -0.357 e. The molecule has 24 heavy (non-hydrogen) atoms. The van der Waals surface area contributed by atoms with Crippen molar-refractivity contribution in [3.8, 4) is 0 Å². The maximum Gasteiger partial charge on any atom is 0.191 e. The highest BCUT2D eigenvalue weighted by Crippen LogP contribution is 2.25. The molecular formula is C17H26BrN3O2S. The van der Waals surface area contributed by atoms with Gasteiger partial charge >= 0.3 is 0 Å². The number of aliphatic imine (C=N–C) groups is 1. The molecule has 1 heterocycles. The summed E-state index contributed by atoms with van der Waals surface area (Å²) in [6, 6.07) is 8.22. The molecule has 7 heteroatoms. The first-order valence-corrected chi connectivity index (χ1v) is 10.8. The van der Waals surface area contributed by atoms with Crippen molar-refractivity contribution in [1.82, 2.24) is 10.6 Å². The fourth-order valence-electron chi connectivity index (χ4n) is 2.69. The van der Waals surface area contributed by atoms with Crippen LogP contribution >= 0.6 is 15.9 Å². The minimum absolute atomic E-state index is 0.0522. The number of halogens is 1. The van der Waals surface area contributed by atoms with Crippen molar-refractivity contribution < 1.29 is 8.42 Å². The molecule has 2 rings (SSSR count). The average molecular weight is 416 g/mol. The number of hydrogen-bond acceptors (Lipinski definition) is 3. The summed E-state index contributed by atoms with van der Waals surface area (Å²) in [5.74, 6) is 1.13. The van der Waals surface area contributed by atoms with Crippen LogP contribution in [0.1, 0.15) is 32.8 Å². The highest BCUT2D eigenvalue weighted by atomic mass is 79.9. The Bertz CT molecular complexity index is 684. The Morgan fingerprint density at radius 2 is 2.00 bits per heavy atom. The molecule has 0 radical (unpaired) electrons. The van der Waals surface area contributed by atoms with Crippen LogP contribution in [0, 0.1) is 0 Å². The van der Waals surface area contributed by atoms with E-state index in [1.165, 1.54) is 5.56 Å². The SMILES string of the molecule is CCNC(=NCC(C)(C)c1ccc(Br)cc1)NC1CCS(=O)(=O)C1. The van der Waals surface area contributed by atoms with Gasteiger partial charge in [-0.1, -0.05) is 41.9 Å². The molecule has 1 saturated heterocycles. The van der Waals surface area contributed by atoms with Crippen molar-refractivity contribution in [3.05, 3.63) is 34.3 Å². The van der Waals surface area contributed by atoms with Crippen LogP contribution in [0.15, 0.2) is 33.7 Å². The van der Waals surface area contributed by atoms with Gasteiger partial charge in [-0.25, -0.2) is 8.42 Å². The molecule has 134 valence electrons. The Morgan fingerprint density at radius 3 is 2.54 bits per heavy atom. The van der Waals surface area contributed by atoms with Gasteiger partial charge in [0.05, 0.1) is 18.1 Å². The lowest BCUT2D eigenvalue weighted by Crippen LogP contribution is -2.44. The first-order valence-electron chi connectivity index (χ1n) is 8.23. The Hall–Kier alpha value is -1.08. The predicted octanol–water partition coefficient (Wildman–Crippen LogP) is 2.47. The topological polar surface area (TPSA) is 70.6 Å². The third-order valence-electron chi connectivity index (χ3n) is 4.18. The minimum atomic E-state index is -2.90. The van der Waals surface area contributed by atoms with Crippen LogP contribution in [-0.2, 0) is 15.3 Å². The van der Waals surface area contributed by atoms with Crippen LogP contribution in [0.3, 0.4) is 0 Å². The van der Waals surface area contributed by atoms with E-state index < -0.39 is 9.84 Å². The second-order valence-electron chi connectivity index (χ2n) is 6.83. The molecule has 1 unspecified atom stereocenters. The molecule has 0 amide bonds. The molecule has 0 saturated carbocycles. The van der Waals surface area contributed by atoms with Gasteiger partial charge in [-0.3, -0.25) is 4.99 Å². The number of rotatable bonds is 5. The van der Waals surface area contributed by atoms with Crippen molar-refractivity contribution >= 4 is 31.7 Å². The number of guanidine groups is 1. The van der Waals surface area contributed by atoms with Crippen molar-refractivity contribution in [1.29, 1.82) is 0 Å². The van der Waals surface area contributed by atoms with Crippen molar-refractivity contribution in [2.24, 2.45) is 4.99 Å². The van der Waals surface area contributed by atoms with E-state index in [0.717, 1.165) is 11.0 Å². The van der Waals surface area contributed by atoms with Crippen LogP contribution in [0.2, 0.25) is 0 Å². The second-order valence-corrected chi connectivity index (χ2v) is 9.97. The standard InChI is InChI=1S/C17H26BrN3O2S/c1-4-19-16(21-15-9-10-24(22,23)11-15)20-12-17(2,3)13-5-7-14(18)8-6-13/h5-8,15H,4,9-12H2,1-3H3,(H2,19,20,21). The third-order valence-corrected chi connectivity index (χ3v) is 6.47. The summed E-state index contributed by atoms with van der Waals surface area (Å²) in [6.45, 7) is 7.67. The molecule has 2 N–H and O–H groups in total. The van der Waals surface area contributed by atoms with E-state index in [0.29, 0.717) is 18.9 Å². The first kappa shape index (κ1) is 19.2. The molecule has 0 bridgehead atoms. The quantitative estimate of drug-likeness (QED) is 0.572. The number of nitrogens with zero attached hydrogens (tertiary/aromatic N) is 1. The Kier molecular flexibility index (Phi) is 6.31. The number of nitrogens with one attached hydrogen (secondary N) is 2. The highest BCUT2D eigenvalue weighted by Gasteiger charge is 2.28. The molecule has 1 aliphatic rings. The summed E-state index contributed by atoms with van der Waals surface area (Å²) in [5.41, 5.74) is 1.11. The van der Waals surface area contributed by atoms with Crippen LogP contribution < -0.4 is 10.6 Å². The van der Waals surface area contributed by atoms with E-state index in [2.05, 4.69) is 57.5 Å². The van der Waals surface area contributed by atoms with Gasteiger partial charge in [-0.2, -0.15) is 0 Å². The molecule has 0 spiro atoms. The second kappa shape index (κ2) is 7.87. The van der Waals surface area contributed by atoms with Gasteiger partial charge in [0.25, 0.3) is 0 Å². The van der Waals surface area contributed by atoms with Crippen molar-refractivity contribution in [3.63, 3.8) is 0 Å². The van der Waals surface area contributed by atoms with Crippen molar-refractivity contribution in [2.45, 2.75) is 38.6 Å². The van der Waals surface area contributed by atoms with Crippen LogP contribution in [0.25, 0.3) is 0 Å². The maximum atomic E-state index is 11.6. The summed E-state index contributed by atoms with van der Waals surface area (Å²) in [7, 11) is -2.90. The molecule has 1 atom stereocenters. The lowest BCUT2D eigenvalue weighted by molar-refractivity contribution is 0.535. The predicted molar refractivity (Wildman–Crippen MR) is 103 cm³/mol. The van der Waals surface area contributed by atoms with Crippen LogP contribution in [-0.4, -0.2) is 45.0 Å². The maximum absolute atomic E-state index is 11.6. The highest BCUT2D eigenvalue weighted by molar-refractivity contribution is 9.10. The first-order chi connectivity index (χ1) is 11.2. The molecular weight excluding hydrogens is 390 g/mol. The fraction of sp³-hybridized carbons (Fsp3) is 0.588. The number of hydrogen-bond donors (Lipinski definition) is 2. The summed E-state index contributed by atoms with van der Waals surface area (Å²) >= 11 is 3.46. The zero-order valence-electron chi connectivity index (χ0n) is 14.5. The van der Waals surface area contributed by atoms with Gasteiger partial charge in [0.2, 0.25) is 0 Å². The largest absolute Gasteiger partial charge is 0.357 e. The Morgan fingerprint density at radius 1 is 1.33 bits per heavy atom. The van der Waals surface area contributed by atoms with Crippen LogP contribution in [0.5, 0.6) is 0 Å². The molecule has 0 aromatic heterocycles. The molecule has 1 aromatic carbocycles. The van der Waals surface area contributed by atoms with E-state index in [-0.39, 0.29) is 23.0 Å². The average Bonchev–Trinajstić information content (AvgIpc) is 2.84. The lowest BCUT2D eigenvalue weighted by Gasteiger charge is -2.24. The molecule has 5 nitrogen and oxygen atoms in total. The zero-order valence-corrected chi connectivity index (χ0v) is 16.9. The fourth-order valence-corrected chi connectivity index (χ4v) is 4.63. The molecule has 0 aliphatic carbocycles. The zero-order chi connectivity index (χ0) is 17.8. The lowest BCUT2D eigenvalue weighted by atomic mass is 9.85. The van der Waals surface area contributed by atoms with Gasteiger partial charge in [0, 0.05) is 22.5 Å². The monoisotopic (exact) mass is 415 g/mol. The number of sulfone groups is 1. The molecule has 1 fully saturated rings. The van der Waals surface area contributed by atoms with E-state index in [1.807, 2.05) is 19.1 Å². The van der Waals surface area contributed by atoms with E-state index in [4.69, 9.17) is 0 Å². The summed E-state index contributed by atoms with van der Waals surface area (Å²) in [5, 5.41) is 6.46.